The summed E-state index contributed by atoms with van der Waals surface area (Å²) in [7, 11) is 2.89. The Kier molecular flexibility index (Phi) is 3.13. The number of allylic oxidation sites excluding steroid dienone is 4. The van der Waals surface area contributed by atoms with Crippen molar-refractivity contribution in [2.24, 2.45) is 0 Å². The molecule has 0 fully saturated rings. The minimum absolute atomic E-state index is 0.426. The van der Waals surface area contributed by atoms with E-state index in [0.717, 1.165) is 0 Å². The van der Waals surface area contributed by atoms with Gasteiger partial charge in [0, 0.05) is 5.66 Å². The zero-order chi connectivity index (χ0) is 12.4. The Morgan fingerprint density at radius 1 is 0.778 bits per heavy atom. The van der Waals surface area contributed by atoms with E-state index in [4.69, 9.17) is 0 Å². The second-order valence-corrected chi connectivity index (χ2v) is 5.16. The molecule has 0 radical (unpaired) electrons. The van der Waals surface area contributed by atoms with Crippen LogP contribution in [0.2, 0.25) is 0 Å². The van der Waals surface area contributed by atoms with Crippen molar-refractivity contribution in [1.82, 2.24) is 0 Å². The molecule has 0 heterocycles. The molecule has 0 bridgehead atoms. The molecule has 3 rings (SSSR count). The molecule has 1 heteroatoms. The Bertz CT molecular complexity index is 609. The SMILES string of the molecule is PC1C=CC=C1c1ccccc1-c1ccccc1. The zero-order valence-electron chi connectivity index (χ0n) is 10.1. The molecule has 18 heavy (non-hydrogen) atoms. The summed E-state index contributed by atoms with van der Waals surface area (Å²) >= 11 is 0. The molecule has 0 spiro atoms. The number of hydrogen-bond donors (Lipinski definition) is 0. The van der Waals surface area contributed by atoms with Crippen LogP contribution in [0.25, 0.3) is 16.7 Å². The normalized spacial score (nSPS) is 17.8. The molecule has 0 saturated carbocycles. The molecule has 2 atom stereocenters. The average molecular weight is 250 g/mol. The highest BCUT2D eigenvalue weighted by molar-refractivity contribution is 7.19. The van der Waals surface area contributed by atoms with Crippen LogP contribution in [0.3, 0.4) is 0 Å². The quantitative estimate of drug-likeness (QED) is 0.686. The van der Waals surface area contributed by atoms with E-state index < -0.39 is 0 Å². The first-order valence-corrected chi connectivity index (χ1v) is 6.82. The molecular formula is C17H15P. The van der Waals surface area contributed by atoms with Crippen LogP contribution in [0, 0.1) is 0 Å². The highest BCUT2D eigenvalue weighted by Gasteiger charge is 2.15. The van der Waals surface area contributed by atoms with Crippen molar-refractivity contribution >= 4 is 14.8 Å². The molecule has 0 saturated heterocycles. The van der Waals surface area contributed by atoms with Gasteiger partial charge in [0.15, 0.2) is 0 Å². The van der Waals surface area contributed by atoms with Crippen molar-refractivity contribution in [3.05, 3.63) is 78.4 Å². The molecule has 0 aromatic heterocycles. The summed E-state index contributed by atoms with van der Waals surface area (Å²) in [5.41, 5.74) is 5.71. The lowest BCUT2D eigenvalue weighted by Gasteiger charge is -2.14. The van der Waals surface area contributed by atoms with Crippen LogP contribution < -0.4 is 0 Å². The smallest absolute Gasteiger partial charge is 0.0172 e. The van der Waals surface area contributed by atoms with Crippen LogP contribution in [0.5, 0.6) is 0 Å². The van der Waals surface area contributed by atoms with Gasteiger partial charge >= 0.3 is 0 Å². The van der Waals surface area contributed by atoms with Crippen LogP contribution in [0.1, 0.15) is 5.56 Å². The van der Waals surface area contributed by atoms with Gasteiger partial charge in [-0.15, -0.1) is 9.24 Å². The molecular weight excluding hydrogens is 235 g/mol. The van der Waals surface area contributed by atoms with Gasteiger partial charge in [0.05, 0.1) is 0 Å². The molecule has 2 unspecified atom stereocenters. The first-order valence-electron chi connectivity index (χ1n) is 6.15. The van der Waals surface area contributed by atoms with Gasteiger partial charge in [-0.05, 0) is 22.3 Å². The second kappa shape index (κ2) is 4.92. The summed E-state index contributed by atoms with van der Waals surface area (Å²) in [6.07, 6.45) is 6.55. The lowest BCUT2D eigenvalue weighted by Crippen LogP contribution is -1.96. The summed E-state index contributed by atoms with van der Waals surface area (Å²) in [6, 6.07) is 19.2. The zero-order valence-corrected chi connectivity index (χ0v) is 11.2. The number of rotatable bonds is 2. The standard InChI is InChI=1S/C17H15P/c18-17-12-6-11-16(17)15-10-5-4-9-14(15)13-7-2-1-3-8-13/h1-12,17H,18H2. The van der Waals surface area contributed by atoms with E-state index in [2.05, 4.69) is 82.1 Å². The number of benzene rings is 2. The molecule has 1 aliphatic rings. The average Bonchev–Trinajstić information content (AvgIpc) is 2.86. The Hall–Kier alpha value is -1.65. The Balaban J connectivity index is 2.12. The van der Waals surface area contributed by atoms with Crippen molar-refractivity contribution in [3.8, 4) is 11.1 Å². The van der Waals surface area contributed by atoms with Crippen molar-refractivity contribution in [3.63, 3.8) is 0 Å². The van der Waals surface area contributed by atoms with E-state index in [1.807, 2.05) is 0 Å². The van der Waals surface area contributed by atoms with Crippen LogP contribution in [0.4, 0.5) is 0 Å². The topological polar surface area (TPSA) is 0 Å². The summed E-state index contributed by atoms with van der Waals surface area (Å²) in [4.78, 5) is 0. The number of hydrogen-bond acceptors (Lipinski definition) is 0. The van der Waals surface area contributed by atoms with Gasteiger partial charge in [-0.2, -0.15) is 0 Å². The van der Waals surface area contributed by atoms with Crippen molar-refractivity contribution < 1.29 is 0 Å². The van der Waals surface area contributed by atoms with Gasteiger partial charge in [-0.25, -0.2) is 0 Å². The molecule has 2 aromatic carbocycles. The van der Waals surface area contributed by atoms with E-state index in [9.17, 15) is 0 Å². The predicted molar refractivity (Wildman–Crippen MR) is 82.5 cm³/mol. The summed E-state index contributed by atoms with van der Waals surface area (Å²) in [5.74, 6) is 0. The monoisotopic (exact) mass is 250 g/mol. The Morgan fingerprint density at radius 2 is 1.44 bits per heavy atom. The highest BCUT2D eigenvalue weighted by Crippen LogP contribution is 2.35. The second-order valence-electron chi connectivity index (χ2n) is 4.44. The Labute approximate surface area is 110 Å². The maximum Gasteiger partial charge on any atom is 0.0172 e. The van der Waals surface area contributed by atoms with E-state index in [1.54, 1.807) is 0 Å². The molecule has 0 aliphatic heterocycles. The van der Waals surface area contributed by atoms with Crippen molar-refractivity contribution in [2.45, 2.75) is 5.66 Å². The van der Waals surface area contributed by atoms with Crippen LogP contribution >= 0.6 is 9.24 Å². The minimum Gasteiger partial charge on any atom is -0.126 e. The fraction of sp³-hybridized carbons (Fsp3) is 0.0588. The maximum absolute atomic E-state index is 2.89. The molecule has 2 aromatic rings. The first kappa shape index (κ1) is 11.4. The molecule has 1 aliphatic carbocycles. The minimum atomic E-state index is 0.426. The van der Waals surface area contributed by atoms with Gasteiger partial charge in [-0.1, -0.05) is 72.8 Å². The lowest BCUT2D eigenvalue weighted by atomic mass is 9.94. The third-order valence-corrected chi connectivity index (χ3v) is 3.86. The van der Waals surface area contributed by atoms with Gasteiger partial charge < -0.3 is 0 Å². The van der Waals surface area contributed by atoms with E-state index >= 15 is 0 Å². The predicted octanol–water partition coefficient (Wildman–Crippen LogP) is 4.55. The van der Waals surface area contributed by atoms with E-state index in [0.29, 0.717) is 5.66 Å². The molecule has 88 valence electrons. The summed E-state index contributed by atoms with van der Waals surface area (Å²) < 4.78 is 0. The van der Waals surface area contributed by atoms with Gasteiger partial charge in [0.25, 0.3) is 0 Å². The highest BCUT2D eigenvalue weighted by atomic mass is 31.0. The summed E-state index contributed by atoms with van der Waals surface area (Å²) in [5, 5.41) is 0. The fourth-order valence-electron chi connectivity index (χ4n) is 2.37. The molecule has 0 N–H and O–H groups in total. The third-order valence-electron chi connectivity index (χ3n) is 3.28. The summed E-state index contributed by atoms with van der Waals surface area (Å²) in [6.45, 7) is 0. The van der Waals surface area contributed by atoms with E-state index in [1.165, 1.54) is 22.3 Å². The van der Waals surface area contributed by atoms with Crippen molar-refractivity contribution in [2.75, 3.05) is 0 Å². The fourth-order valence-corrected chi connectivity index (χ4v) is 2.79. The van der Waals surface area contributed by atoms with Crippen molar-refractivity contribution in [1.29, 1.82) is 0 Å². The van der Waals surface area contributed by atoms with Gasteiger partial charge in [-0.3, -0.25) is 0 Å². The third kappa shape index (κ3) is 2.05. The Morgan fingerprint density at radius 3 is 2.11 bits per heavy atom. The van der Waals surface area contributed by atoms with Crippen LogP contribution in [-0.4, -0.2) is 5.66 Å². The largest absolute Gasteiger partial charge is 0.126 e. The van der Waals surface area contributed by atoms with Gasteiger partial charge in [0.2, 0.25) is 0 Å². The van der Waals surface area contributed by atoms with Crippen LogP contribution in [-0.2, 0) is 0 Å². The van der Waals surface area contributed by atoms with Gasteiger partial charge in [0.1, 0.15) is 0 Å². The first-order chi connectivity index (χ1) is 8.86. The van der Waals surface area contributed by atoms with Crippen LogP contribution in [0.15, 0.2) is 72.8 Å². The molecule has 0 amide bonds. The maximum atomic E-state index is 2.89. The lowest BCUT2D eigenvalue weighted by molar-refractivity contribution is 1.45. The molecule has 0 nitrogen and oxygen atoms in total. The van der Waals surface area contributed by atoms with E-state index in [-0.39, 0.29) is 0 Å².